The van der Waals surface area contributed by atoms with Crippen molar-refractivity contribution in [2.75, 3.05) is 13.7 Å². The van der Waals surface area contributed by atoms with Gasteiger partial charge >= 0.3 is 6.03 Å². The Bertz CT molecular complexity index is 500. The zero-order valence-corrected chi connectivity index (χ0v) is 12.9. The second kappa shape index (κ2) is 8.65. The van der Waals surface area contributed by atoms with Crippen molar-refractivity contribution >= 4 is 6.03 Å². The van der Waals surface area contributed by atoms with Gasteiger partial charge in [-0.05, 0) is 31.0 Å². The summed E-state index contributed by atoms with van der Waals surface area (Å²) in [6.07, 6.45) is -0.454. The zero-order valence-electron chi connectivity index (χ0n) is 12.9. The highest BCUT2D eigenvalue weighted by Gasteiger charge is 2.20. The Morgan fingerprint density at radius 3 is 2.55 bits per heavy atom. The Balaban J connectivity index is 2.61. The van der Waals surface area contributed by atoms with E-state index in [4.69, 9.17) is 4.74 Å². The summed E-state index contributed by atoms with van der Waals surface area (Å²) in [6.45, 7) is 3.86. The monoisotopic (exact) mass is 316 g/mol. The molecule has 3 atom stereocenters. The van der Waals surface area contributed by atoms with Gasteiger partial charge in [-0.2, -0.15) is 0 Å². The molecule has 0 saturated carbocycles. The van der Waals surface area contributed by atoms with Crippen molar-refractivity contribution in [1.29, 1.82) is 0 Å². The minimum absolute atomic E-state index is 0.141. The molecule has 0 fully saturated rings. The smallest absolute Gasteiger partial charge is 0.315 e. The number of halogens is 2. The van der Waals surface area contributed by atoms with Crippen molar-refractivity contribution in [2.24, 2.45) is 0 Å². The van der Waals surface area contributed by atoms with Crippen LogP contribution >= 0.6 is 0 Å². The molecule has 124 valence electrons. The van der Waals surface area contributed by atoms with Crippen molar-refractivity contribution in [1.82, 2.24) is 10.6 Å². The van der Waals surface area contributed by atoms with Crippen LogP contribution in [0.1, 0.15) is 31.9 Å². The van der Waals surface area contributed by atoms with Crippen molar-refractivity contribution in [2.45, 2.75) is 38.5 Å². The largest absolute Gasteiger partial charge is 0.386 e. The molecular formula is C15H22F2N2O3. The number of hydrogen-bond donors (Lipinski definition) is 3. The Morgan fingerprint density at radius 2 is 2.00 bits per heavy atom. The Morgan fingerprint density at radius 1 is 1.32 bits per heavy atom. The van der Waals surface area contributed by atoms with Crippen LogP contribution in [0.4, 0.5) is 13.6 Å². The van der Waals surface area contributed by atoms with Gasteiger partial charge in [-0.1, -0.05) is 13.0 Å². The van der Waals surface area contributed by atoms with Crippen molar-refractivity contribution in [3.8, 4) is 0 Å². The predicted molar refractivity (Wildman–Crippen MR) is 78.4 cm³/mol. The molecule has 5 nitrogen and oxygen atoms in total. The van der Waals surface area contributed by atoms with Gasteiger partial charge in [0.2, 0.25) is 0 Å². The van der Waals surface area contributed by atoms with Crippen LogP contribution in [0, 0.1) is 11.6 Å². The summed E-state index contributed by atoms with van der Waals surface area (Å²) in [5.74, 6) is -2.03. The fraction of sp³-hybridized carbons (Fsp3) is 0.533. The molecule has 3 unspecified atom stereocenters. The summed E-state index contributed by atoms with van der Waals surface area (Å²) in [6, 6.07) is 1.85. The molecule has 1 aromatic carbocycles. The van der Waals surface area contributed by atoms with Gasteiger partial charge < -0.3 is 20.5 Å². The maximum Gasteiger partial charge on any atom is 0.315 e. The summed E-state index contributed by atoms with van der Waals surface area (Å²) >= 11 is 0. The van der Waals surface area contributed by atoms with Gasteiger partial charge in [0.25, 0.3) is 0 Å². The van der Waals surface area contributed by atoms with E-state index in [1.54, 1.807) is 6.92 Å². The van der Waals surface area contributed by atoms with E-state index in [2.05, 4.69) is 10.6 Å². The molecule has 2 amide bonds. The van der Waals surface area contributed by atoms with Gasteiger partial charge in [-0.15, -0.1) is 0 Å². The number of aliphatic hydroxyl groups excluding tert-OH is 1. The molecule has 0 saturated heterocycles. The maximum atomic E-state index is 13.2. The van der Waals surface area contributed by atoms with Crippen LogP contribution in [0.3, 0.4) is 0 Å². The molecular weight excluding hydrogens is 294 g/mol. The number of nitrogens with one attached hydrogen (secondary N) is 2. The molecule has 0 aliphatic carbocycles. The molecule has 1 aromatic rings. The molecule has 0 aromatic heterocycles. The number of aliphatic hydroxyl groups is 1. The van der Waals surface area contributed by atoms with Gasteiger partial charge in [0.1, 0.15) is 0 Å². The van der Waals surface area contributed by atoms with E-state index in [9.17, 15) is 18.7 Å². The summed E-state index contributed by atoms with van der Waals surface area (Å²) < 4.78 is 31.0. The normalized spacial score (nSPS) is 15.0. The van der Waals surface area contributed by atoms with Crippen molar-refractivity contribution in [3.05, 3.63) is 35.4 Å². The Labute approximate surface area is 128 Å². The Hall–Kier alpha value is -1.73. The quantitative estimate of drug-likeness (QED) is 0.721. The highest BCUT2D eigenvalue weighted by atomic mass is 19.2. The standard InChI is InChI=1S/C15H22F2N2O3/c1-4-11(8-22-3)19-15(21)18-9(2)14(20)10-5-6-12(16)13(17)7-10/h5-7,9,11,14,20H,4,8H2,1-3H3,(H2,18,19,21). The molecule has 0 bridgehead atoms. The second-order valence-electron chi connectivity index (χ2n) is 5.09. The molecule has 1 rings (SSSR count). The average Bonchev–Trinajstić information content (AvgIpc) is 2.48. The molecule has 22 heavy (non-hydrogen) atoms. The topological polar surface area (TPSA) is 70.6 Å². The summed E-state index contributed by atoms with van der Waals surface area (Å²) in [5, 5.41) is 15.4. The minimum atomic E-state index is -1.15. The highest BCUT2D eigenvalue weighted by Crippen LogP contribution is 2.19. The number of benzene rings is 1. The van der Waals surface area contributed by atoms with Gasteiger partial charge in [0.05, 0.1) is 24.8 Å². The van der Waals surface area contributed by atoms with Crippen molar-refractivity contribution < 1.29 is 23.4 Å². The second-order valence-corrected chi connectivity index (χ2v) is 5.09. The first-order valence-corrected chi connectivity index (χ1v) is 7.08. The van der Waals surface area contributed by atoms with Crippen LogP contribution < -0.4 is 10.6 Å². The van der Waals surface area contributed by atoms with E-state index < -0.39 is 29.8 Å². The fourth-order valence-corrected chi connectivity index (χ4v) is 1.96. The lowest BCUT2D eigenvalue weighted by Gasteiger charge is -2.23. The van der Waals surface area contributed by atoms with Crippen LogP contribution in [-0.4, -0.2) is 36.9 Å². The lowest BCUT2D eigenvalue weighted by molar-refractivity contribution is 0.133. The van der Waals surface area contributed by atoms with Crippen molar-refractivity contribution in [3.63, 3.8) is 0 Å². The first-order chi connectivity index (χ1) is 10.4. The van der Waals surface area contributed by atoms with E-state index in [-0.39, 0.29) is 11.6 Å². The molecule has 0 heterocycles. The molecule has 0 aliphatic rings. The van der Waals surface area contributed by atoms with Crippen LogP contribution in [0.15, 0.2) is 18.2 Å². The average molecular weight is 316 g/mol. The molecule has 0 spiro atoms. The molecule has 0 radical (unpaired) electrons. The highest BCUT2D eigenvalue weighted by molar-refractivity contribution is 5.74. The van der Waals surface area contributed by atoms with Crippen LogP contribution in [0.2, 0.25) is 0 Å². The zero-order chi connectivity index (χ0) is 16.7. The number of ether oxygens (including phenoxy) is 1. The SMILES string of the molecule is CCC(COC)NC(=O)NC(C)C(O)c1ccc(F)c(F)c1. The third-order valence-electron chi connectivity index (χ3n) is 3.31. The van der Waals surface area contributed by atoms with Gasteiger partial charge in [-0.25, -0.2) is 13.6 Å². The van der Waals surface area contributed by atoms with E-state index in [1.165, 1.54) is 13.2 Å². The number of hydrogen-bond acceptors (Lipinski definition) is 3. The number of methoxy groups -OCH3 is 1. The first kappa shape index (κ1) is 18.3. The Kier molecular flexibility index (Phi) is 7.20. The van der Waals surface area contributed by atoms with Gasteiger partial charge in [0.15, 0.2) is 11.6 Å². The lowest BCUT2D eigenvalue weighted by atomic mass is 10.0. The van der Waals surface area contributed by atoms with E-state index in [0.717, 1.165) is 12.1 Å². The van der Waals surface area contributed by atoms with Gasteiger partial charge in [-0.3, -0.25) is 0 Å². The van der Waals surface area contributed by atoms with Crippen LogP contribution in [-0.2, 0) is 4.74 Å². The number of amides is 2. The third kappa shape index (κ3) is 5.23. The van der Waals surface area contributed by atoms with Crippen LogP contribution in [0.25, 0.3) is 0 Å². The van der Waals surface area contributed by atoms with E-state index in [1.807, 2.05) is 6.92 Å². The molecule has 7 heteroatoms. The number of rotatable bonds is 7. The number of urea groups is 1. The molecule has 0 aliphatic heterocycles. The van der Waals surface area contributed by atoms with E-state index >= 15 is 0 Å². The number of carbonyl (C=O) groups excluding carboxylic acids is 1. The minimum Gasteiger partial charge on any atom is -0.386 e. The first-order valence-electron chi connectivity index (χ1n) is 7.08. The van der Waals surface area contributed by atoms with Gasteiger partial charge in [0, 0.05) is 7.11 Å². The van der Waals surface area contributed by atoms with Crippen LogP contribution in [0.5, 0.6) is 0 Å². The summed E-state index contributed by atoms with van der Waals surface area (Å²) in [4.78, 5) is 11.8. The lowest BCUT2D eigenvalue weighted by Crippen LogP contribution is -2.48. The number of carbonyl (C=O) groups is 1. The fourth-order valence-electron chi connectivity index (χ4n) is 1.96. The van der Waals surface area contributed by atoms with E-state index in [0.29, 0.717) is 13.0 Å². The summed E-state index contributed by atoms with van der Waals surface area (Å²) in [7, 11) is 1.54. The predicted octanol–water partition coefficient (Wildman–Crippen LogP) is 2.11. The molecule has 3 N–H and O–H groups in total. The third-order valence-corrected chi connectivity index (χ3v) is 3.31. The summed E-state index contributed by atoms with van der Waals surface area (Å²) in [5.41, 5.74) is 0.190. The maximum absolute atomic E-state index is 13.2.